The van der Waals surface area contributed by atoms with Gasteiger partial charge >= 0.3 is 6.09 Å². The molecule has 2 aromatic heterocycles. The van der Waals surface area contributed by atoms with Crippen molar-refractivity contribution in [3.63, 3.8) is 0 Å². The van der Waals surface area contributed by atoms with Crippen LogP contribution in [0.25, 0.3) is 5.65 Å². The summed E-state index contributed by atoms with van der Waals surface area (Å²) in [6.07, 6.45) is 4.61. The van der Waals surface area contributed by atoms with Crippen LogP contribution in [0.15, 0.2) is 36.8 Å². The smallest absolute Gasteiger partial charge is 0.420 e. The third-order valence-corrected chi connectivity index (χ3v) is 5.23. The normalized spacial score (nSPS) is 14.6. The SMILES string of the molecule is Bc1cnc(N(C(=O)OC(C)(C)C)c2ccc(N3CCOCC3)c(CO)c2)c2nccn12. The molecule has 1 saturated heterocycles. The van der Waals surface area contributed by atoms with Crippen molar-refractivity contribution in [3.8, 4) is 0 Å². The number of ether oxygens (including phenoxy) is 2. The number of carbonyl (C=O) groups excluding carboxylic acids is 1. The number of morpholine rings is 1. The Hall–Kier alpha value is -3.11. The number of aliphatic hydroxyl groups is 1. The summed E-state index contributed by atoms with van der Waals surface area (Å²) in [6.45, 7) is 8.06. The van der Waals surface area contributed by atoms with Crippen molar-refractivity contribution in [2.45, 2.75) is 33.0 Å². The van der Waals surface area contributed by atoms with Crippen LogP contribution < -0.4 is 15.4 Å². The first-order valence-electron chi connectivity index (χ1n) is 10.7. The van der Waals surface area contributed by atoms with Crippen molar-refractivity contribution in [2.24, 2.45) is 0 Å². The molecule has 0 bridgehead atoms. The van der Waals surface area contributed by atoms with E-state index in [0.717, 1.165) is 24.4 Å². The van der Waals surface area contributed by atoms with E-state index in [4.69, 9.17) is 9.47 Å². The van der Waals surface area contributed by atoms with Crippen LogP contribution in [0.1, 0.15) is 26.3 Å². The number of amides is 1. The second-order valence-corrected chi connectivity index (χ2v) is 8.73. The Labute approximate surface area is 188 Å². The first kappa shape index (κ1) is 22.1. The Kier molecular flexibility index (Phi) is 6.08. The van der Waals surface area contributed by atoms with Gasteiger partial charge in [-0.3, -0.25) is 0 Å². The molecule has 0 radical (unpaired) electrons. The molecule has 1 aromatic carbocycles. The highest BCUT2D eigenvalue weighted by Gasteiger charge is 2.29. The predicted octanol–water partition coefficient (Wildman–Crippen LogP) is 1.39. The third-order valence-electron chi connectivity index (χ3n) is 5.23. The number of carbonyl (C=O) groups is 1. The Bertz CT molecular complexity index is 1120. The van der Waals surface area contributed by atoms with E-state index < -0.39 is 11.7 Å². The van der Waals surface area contributed by atoms with Gasteiger partial charge in [-0.05, 0) is 44.6 Å². The predicted molar refractivity (Wildman–Crippen MR) is 125 cm³/mol. The van der Waals surface area contributed by atoms with Crippen LogP contribution in [0.2, 0.25) is 0 Å². The van der Waals surface area contributed by atoms with Crippen LogP contribution in [-0.4, -0.2) is 65.3 Å². The van der Waals surface area contributed by atoms with Gasteiger partial charge < -0.3 is 23.9 Å². The topological polar surface area (TPSA) is 92.4 Å². The minimum atomic E-state index is -0.695. The van der Waals surface area contributed by atoms with Crippen LogP contribution in [0.3, 0.4) is 0 Å². The van der Waals surface area contributed by atoms with Crippen molar-refractivity contribution in [3.05, 3.63) is 42.4 Å². The fourth-order valence-corrected chi connectivity index (χ4v) is 3.76. The van der Waals surface area contributed by atoms with E-state index in [0.29, 0.717) is 35.9 Å². The van der Waals surface area contributed by atoms with Gasteiger partial charge in [-0.15, -0.1) is 0 Å². The second-order valence-electron chi connectivity index (χ2n) is 8.73. The zero-order valence-electron chi connectivity index (χ0n) is 18.9. The van der Waals surface area contributed by atoms with Gasteiger partial charge in [0.05, 0.1) is 25.5 Å². The summed E-state index contributed by atoms with van der Waals surface area (Å²) >= 11 is 0. The van der Waals surface area contributed by atoms with Gasteiger partial charge in [0.2, 0.25) is 0 Å². The van der Waals surface area contributed by atoms with Crippen LogP contribution >= 0.6 is 0 Å². The first-order chi connectivity index (χ1) is 15.3. The molecule has 1 aliphatic rings. The van der Waals surface area contributed by atoms with Crippen LogP contribution in [0, 0.1) is 0 Å². The minimum Gasteiger partial charge on any atom is -0.443 e. The van der Waals surface area contributed by atoms with Crippen LogP contribution in [-0.2, 0) is 16.1 Å². The molecule has 1 aliphatic heterocycles. The monoisotopic (exact) mass is 437 g/mol. The number of benzene rings is 1. The molecular formula is C22H28BN5O4. The lowest BCUT2D eigenvalue weighted by atomic mass is 10.1. The summed E-state index contributed by atoms with van der Waals surface area (Å²) in [4.78, 5) is 25.9. The first-order valence-corrected chi connectivity index (χ1v) is 10.7. The fourth-order valence-electron chi connectivity index (χ4n) is 3.76. The quantitative estimate of drug-likeness (QED) is 0.617. The van der Waals surface area contributed by atoms with E-state index in [9.17, 15) is 9.90 Å². The van der Waals surface area contributed by atoms with Gasteiger partial charge in [0.15, 0.2) is 19.3 Å². The molecule has 1 N–H and O–H groups in total. The fraction of sp³-hybridized carbons (Fsp3) is 0.409. The molecule has 32 heavy (non-hydrogen) atoms. The largest absolute Gasteiger partial charge is 0.443 e. The third kappa shape index (κ3) is 4.42. The summed E-state index contributed by atoms with van der Waals surface area (Å²) < 4.78 is 13.0. The second kappa shape index (κ2) is 8.80. The number of rotatable bonds is 4. The van der Waals surface area contributed by atoms with Gasteiger partial charge in [-0.2, -0.15) is 0 Å². The average Bonchev–Trinajstić information content (AvgIpc) is 3.26. The summed E-state index contributed by atoms with van der Waals surface area (Å²) in [7, 11) is 1.92. The van der Waals surface area contributed by atoms with Gasteiger partial charge in [0.25, 0.3) is 0 Å². The molecule has 10 heteroatoms. The minimum absolute atomic E-state index is 0.164. The van der Waals surface area contributed by atoms with E-state index in [-0.39, 0.29) is 6.61 Å². The molecule has 9 nitrogen and oxygen atoms in total. The number of hydrogen-bond donors (Lipinski definition) is 1. The molecule has 4 rings (SSSR count). The van der Waals surface area contributed by atoms with Crippen LogP contribution in [0.4, 0.5) is 22.0 Å². The zero-order valence-corrected chi connectivity index (χ0v) is 18.9. The molecule has 0 saturated carbocycles. The highest BCUT2D eigenvalue weighted by atomic mass is 16.6. The van der Waals surface area contributed by atoms with Crippen LogP contribution in [0.5, 0.6) is 0 Å². The summed E-state index contributed by atoms with van der Waals surface area (Å²) in [5.74, 6) is 0.359. The van der Waals surface area contributed by atoms with Gasteiger partial charge in [-0.1, -0.05) is 0 Å². The van der Waals surface area contributed by atoms with E-state index in [2.05, 4.69) is 14.9 Å². The van der Waals surface area contributed by atoms with Crippen molar-refractivity contribution in [1.29, 1.82) is 0 Å². The maximum absolute atomic E-state index is 13.3. The summed E-state index contributed by atoms with van der Waals surface area (Å²) in [5, 5.41) is 10.1. The van der Waals surface area contributed by atoms with Crippen molar-refractivity contribution in [1.82, 2.24) is 14.4 Å². The molecule has 0 spiro atoms. The van der Waals surface area contributed by atoms with E-state index in [1.165, 1.54) is 4.90 Å². The lowest BCUT2D eigenvalue weighted by molar-refractivity contribution is 0.0598. The molecule has 0 unspecified atom stereocenters. The molecule has 1 fully saturated rings. The Morgan fingerprint density at radius 2 is 2.03 bits per heavy atom. The van der Waals surface area contributed by atoms with E-state index in [1.807, 2.05) is 51.3 Å². The Morgan fingerprint density at radius 1 is 1.28 bits per heavy atom. The van der Waals surface area contributed by atoms with Crippen molar-refractivity contribution in [2.75, 3.05) is 36.1 Å². The maximum atomic E-state index is 13.3. The molecule has 3 aromatic rings. The number of hydrogen-bond acceptors (Lipinski definition) is 7. The average molecular weight is 437 g/mol. The highest BCUT2D eigenvalue weighted by Crippen LogP contribution is 2.33. The maximum Gasteiger partial charge on any atom is 0.420 e. The van der Waals surface area contributed by atoms with Gasteiger partial charge in [0.1, 0.15) is 5.60 Å². The van der Waals surface area contributed by atoms with Crippen molar-refractivity contribution < 1.29 is 19.4 Å². The summed E-state index contributed by atoms with van der Waals surface area (Å²) in [6, 6.07) is 5.56. The standard InChI is InChI=1S/C22H28BN5O4/c1-22(2,3)32-21(30)28(20-19-24-6-7-27(19)18(23)13-25-20)16-4-5-17(15(12-16)14-29)26-8-10-31-11-9-26/h4-7,12-13,29H,8-11,14,23H2,1-3H3. The highest BCUT2D eigenvalue weighted by molar-refractivity contribution is 6.31. The molecule has 3 heterocycles. The van der Waals surface area contributed by atoms with E-state index >= 15 is 0 Å². The van der Waals surface area contributed by atoms with E-state index in [1.54, 1.807) is 18.5 Å². The number of anilines is 3. The molecule has 0 aliphatic carbocycles. The number of imidazole rings is 1. The molecular weight excluding hydrogens is 409 g/mol. The number of nitrogens with zero attached hydrogens (tertiary/aromatic N) is 5. The number of aliphatic hydroxyl groups excluding tert-OH is 1. The number of fused-ring (bicyclic) bond motifs is 1. The number of aromatic nitrogens is 3. The van der Waals surface area contributed by atoms with Crippen molar-refractivity contribution >= 4 is 42.4 Å². The molecule has 1 amide bonds. The zero-order chi connectivity index (χ0) is 22.9. The van der Waals surface area contributed by atoms with Gasteiger partial charge in [-0.25, -0.2) is 19.7 Å². The molecule has 168 valence electrons. The lowest BCUT2D eigenvalue weighted by Gasteiger charge is -2.31. The van der Waals surface area contributed by atoms with Gasteiger partial charge in [0, 0.05) is 42.9 Å². The summed E-state index contributed by atoms with van der Waals surface area (Å²) in [5.41, 5.74) is 2.92. The Balaban J connectivity index is 1.82. The molecule has 0 atom stereocenters. The lowest BCUT2D eigenvalue weighted by Crippen LogP contribution is -2.37. The Morgan fingerprint density at radius 3 is 2.72 bits per heavy atom.